The molecule has 0 aromatic carbocycles. The predicted octanol–water partition coefficient (Wildman–Crippen LogP) is 1.51. The molecule has 3 heterocycles. The number of anilines is 1. The second kappa shape index (κ2) is 12.2. The van der Waals surface area contributed by atoms with Crippen molar-refractivity contribution in [3.8, 4) is 0 Å². The molecule has 0 radical (unpaired) electrons. The van der Waals surface area contributed by atoms with Crippen molar-refractivity contribution in [3.05, 3.63) is 29.1 Å². The fourth-order valence-corrected chi connectivity index (χ4v) is 4.68. The molecular weight excluding hydrogens is 492 g/mol. The van der Waals surface area contributed by atoms with Crippen LogP contribution in [-0.4, -0.2) is 86.2 Å². The van der Waals surface area contributed by atoms with Gasteiger partial charge in [-0.15, -0.1) is 10.2 Å². The monoisotopic (exact) mass is 520 g/mol. The predicted molar refractivity (Wildman–Crippen MR) is 121 cm³/mol. The van der Waals surface area contributed by atoms with Gasteiger partial charge in [-0.3, -0.25) is 9.29 Å². The first-order valence-corrected chi connectivity index (χ1v) is 12.4. The summed E-state index contributed by atoms with van der Waals surface area (Å²) < 4.78 is 58.1. The van der Waals surface area contributed by atoms with Crippen LogP contribution in [0.5, 0.6) is 0 Å². The Kier molecular flexibility index (Phi) is 9.53. The van der Waals surface area contributed by atoms with Gasteiger partial charge in [0.05, 0.1) is 31.5 Å². The lowest BCUT2D eigenvalue weighted by molar-refractivity contribution is -0.0982. The van der Waals surface area contributed by atoms with E-state index in [0.29, 0.717) is 37.1 Å². The number of halogens is 1. The van der Waals surface area contributed by atoms with Crippen LogP contribution in [0.1, 0.15) is 43.4 Å². The SMILES string of the molecule is COCCC(OC)n1c(NS(=O)(=O)[C@@H](C)[C@H](OC)c2ncc(Cl)cn2)nnc1[C@H]1COCCO1. The standard InChI is InChI=1S/C19H29ClN6O7S/c1-12(16(31-4)17-21-9-13(20)10-22-17)34(27,28)25-19-24-23-18(14-11-32-7-8-33-14)26(19)15(30-3)5-6-29-2/h9-10,12,14-16H,5-8,11H2,1-4H3,(H,24,25)/t12-,14+,15?,16-/m0/s1. The zero-order chi connectivity index (χ0) is 24.7. The van der Waals surface area contributed by atoms with Gasteiger partial charge in [0, 0.05) is 40.1 Å². The van der Waals surface area contributed by atoms with Crippen LogP contribution < -0.4 is 4.72 Å². The van der Waals surface area contributed by atoms with Gasteiger partial charge in [0.1, 0.15) is 23.7 Å². The van der Waals surface area contributed by atoms with E-state index in [2.05, 4.69) is 24.9 Å². The number of hydrogen-bond acceptors (Lipinski definition) is 11. The minimum Gasteiger partial charge on any atom is -0.385 e. The van der Waals surface area contributed by atoms with E-state index < -0.39 is 33.7 Å². The summed E-state index contributed by atoms with van der Waals surface area (Å²) in [7, 11) is 0.386. The molecule has 1 fully saturated rings. The highest BCUT2D eigenvalue weighted by atomic mass is 35.5. The Morgan fingerprint density at radius 1 is 1.21 bits per heavy atom. The molecule has 2 aromatic rings. The minimum absolute atomic E-state index is 0.0362. The average Bonchev–Trinajstić information content (AvgIpc) is 3.24. The maximum Gasteiger partial charge on any atom is 0.240 e. The summed E-state index contributed by atoms with van der Waals surface area (Å²) in [4.78, 5) is 8.18. The highest BCUT2D eigenvalue weighted by Gasteiger charge is 2.36. The summed E-state index contributed by atoms with van der Waals surface area (Å²) in [5, 5.41) is 7.49. The van der Waals surface area contributed by atoms with Crippen molar-refractivity contribution >= 4 is 27.6 Å². The number of nitrogens with zero attached hydrogens (tertiary/aromatic N) is 5. The van der Waals surface area contributed by atoms with Crippen LogP contribution in [-0.2, 0) is 33.7 Å². The molecule has 0 bridgehead atoms. The molecule has 15 heteroatoms. The maximum atomic E-state index is 13.3. The zero-order valence-electron chi connectivity index (χ0n) is 19.4. The summed E-state index contributed by atoms with van der Waals surface area (Å²) in [6.45, 7) is 2.93. The first-order chi connectivity index (χ1) is 16.3. The average molecular weight is 521 g/mol. The zero-order valence-corrected chi connectivity index (χ0v) is 21.0. The van der Waals surface area contributed by atoms with Crippen molar-refractivity contribution in [2.45, 2.75) is 37.0 Å². The highest BCUT2D eigenvalue weighted by Crippen LogP contribution is 2.30. The molecule has 4 atom stereocenters. The molecular formula is C19H29ClN6O7S. The fraction of sp³-hybridized carbons (Fsp3) is 0.684. The Hall–Kier alpha value is -1.94. The molecule has 13 nitrogen and oxygen atoms in total. The van der Waals surface area contributed by atoms with E-state index in [0.717, 1.165) is 0 Å². The van der Waals surface area contributed by atoms with Crippen LogP contribution in [0, 0.1) is 0 Å². The molecule has 1 aliphatic rings. The Balaban J connectivity index is 1.92. The first-order valence-electron chi connectivity index (χ1n) is 10.5. The molecule has 190 valence electrons. The van der Waals surface area contributed by atoms with Crippen molar-refractivity contribution in [2.24, 2.45) is 0 Å². The molecule has 1 unspecified atom stereocenters. The third-order valence-corrected chi connectivity index (χ3v) is 7.14. The topological polar surface area (TPSA) is 149 Å². The van der Waals surface area contributed by atoms with Crippen LogP contribution in [0.15, 0.2) is 12.4 Å². The summed E-state index contributed by atoms with van der Waals surface area (Å²) >= 11 is 5.85. The van der Waals surface area contributed by atoms with E-state index in [4.69, 9.17) is 35.3 Å². The number of hydrogen-bond donors (Lipinski definition) is 1. The maximum absolute atomic E-state index is 13.3. The van der Waals surface area contributed by atoms with Gasteiger partial charge in [0.2, 0.25) is 16.0 Å². The molecule has 0 saturated carbocycles. The number of rotatable bonds is 12. The second-order valence-corrected chi connectivity index (χ2v) is 9.90. The largest absolute Gasteiger partial charge is 0.385 e. The van der Waals surface area contributed by atoms with E-state index >= 15 is 0 Å². The van der Waals surface area contributed by atoms with Crippen LogP contribution in [0.2, 0.25) is 5.02 Å². The number of aromatic nitrogens is 5. The lowest BCUT2D eigenvalue weighted by Gasteiger charge is -2.27. The quantitative estimate of drug-likeness (QED) is 0.433. The number of nitrogens with one attached hydrogen (secondary N) is 1. The van der Waals surface area contributed by atoms with Crippen LogP contribution >= 0.6 is 11.6 Å². The Morgan fingerprint density at radius 3 is 2.53 bits per heavy atom. The summed E-state index contributed by atoms with van der Waals surface area (Å²) in [6, 6.07) is 0. The van der Waals surface area contributed by atoms with Gasteiger partial charge in [-0.2, -0.15) is 0 Å². The van der Waals surface area contributed by atoms with Crippen molar-refractivity contribution in [1.29, 1.82) is 0 Å². The first kappa shape index (κ1) is 26.7. The number of sulfonamides is 1. The van der Waals surface area contributed by atoms with Crippen molar-refractivity contribution in [3.63, 3.8) is 0 Å². The Labute approximate surface area is 203 Å². The molecule has 1 aliphatic heterocycles. The normalized spacial score (nSPS) is 19.5. The second-order valence-electron chi connectivity index (χ2n) is 7.43. The van der Waals surface area contributed by atoms with Gasteiger partial charge in [-0.05, 0) is 6.92 Å². The van der Waals surface area contributed by atoms with Crippen LogP contribution in [0.3, 0.4) is 0 Å². The molecule has 1 saturated heterocycles. The lowest BCUT2D eigenvalue weighted by Crippen LogP contribution is -2.34. The number of ether oxygens (including phenoxy) is 5. The third kappa shape index (κ3) is 6.19. The third-order valence-electron chi connectivity index (χ3n) is 5.25. The van der Waals surface area contributed by atoms with Gasteiger partial charge < -0.3 is 23.7 Å². The van der Waals surface area contributed by atoms with E-state index in [-0.39, 0.29) is 18.4 Å². The lowest BCUT2D eigenvalue weighted by atomic mass is 10.2. The van der Waals surface area contributed by atoms with E-state index in [1.165, 1.54) is 33.5 Å². The van der Waals surface area contributed by atoms with Crippen molar-refractivity contribution in [1.82, 2.24) is 24.7 Å². The molecule has 0 amide bonds. The molecule has 0 aliphatic carbocycles. The molecule has 2 aromatic heterocycles. The molecule has 0 spiro atoms. The van der Waals surface area contributed by atoms with Gasteiger partial charge in [0.15, 0.2) is 11.6 Å². The van der Waals surface area contributed by atoms with E-state index in [9.17, 15) is 8.42 Å². The smallest absolute Gasteiger partial charge is 0.240 e. The van der Waals surface area contributed by atoms with Gasteiger partial charge in [-0.1, -0.05) is 11.6 Å². The van der Waals surface area contributed by atoms with Crippen LogP contribution in [0.25, 0.3) is 0 Å². The van der Waals surface area contributed by atoms with Gasteiger partial charge >= 0.3 is 0 Å². The molecule has 1 N–H and O–H groups in total. The molecule has 34 heavy (non-hydrogen) atoms. The van der Waals surface area contributed by atoms with Crippen molar-refractivity contribution in [2.75, 3.05) is 52.5 Å². The highest BCUT2D eigenvalue weighted by molar-refractivity contribution is 7.93. The minimum atomic E-state index is -4.06. The van der Waals surface area contributed by atoms with Gasteiger partial charge in [-0.25, -0.2) is 18.4 Å². The Bertz CT molecular complexity index is 1020. The number of methoxy groups -OCH3 is 3. The summed E-state index contributed by atoms with van der Waals surface area (Å²) in [5.41, 5.74) is 0. The molecule has 3 rings (SSSR count). The Morgan fingerprint density at radius 2 is 1.94 bits per heavy atom. The summed E-state index contributed by atoms with van der Waals surface area (Å²) in [5.74, 6) is 0.512. The summed E-state index contributed by atoms with van der Waals surface area (Å²) in [6.07, 6.45) is 1.03. The van der Waals surface area contributed by atoms with Gasteiger partial charge in [0.25, 0.3) is 0 Å². The van der Waals surface area contributed by atoms with Crippen LogP contribution in [0.4, 0.5) is 5.95 Å². The fourth-order valence-electron chi connectivity index (χ4n) is 3.44. The van der Waals surface area contributed by atoms with E-state index in [1.807, 2.05) is 0 Å². The van der Waals surface area contributed by atoms with E-state index in [1.54, 1.807) is 11.7 Å². The van der Waals surface area contributed by atoms with Crippen molar-refractivity contribution < 1.29 is 32.1 Å².